The van der Waals surface area contributed by atoms with E-state index in [-0.39, 0.29) is 17.6 Å². The number of anilines is 1. The summed E-state index contributed by atoms with van der Waals surface area (Å²) in [5.74, 6) is 0.700. The van der Waals surface area contributed by atoms with E-state index in [1.807, 2.05) is 20.8 Å². The molecule has 0 radical (unpaired) electrons. The maximum Gasteiger partial charge on any atom is 0.573 e. The van der Waals surface area contributed by atoms with E-state index in [1.54, 1.807) is 7.05 Å². The summed E-state index contributed by atoms with van der Waals surface area (Å²) < 4.78 is 52.8. The van der Waals surface area contributed by atoms with Gasteiger partial charge in [-0.2, -0.15) is 4.98 Å². The number of halogens is 3. The molecule has 0 atom stereocenters. The fourth-order valence-electron chi connectivity index (χ4n) is 2.82. The summed E-state index contributed by atoms with van der Waals surface area (Å²) in [6.07, 6.45) is -2.50. The maximum atomic E-state index is 12.5. The Morgan fingerprint density at radius 2 is 1.79 bits per heavy atom. The Bertz CT molecular complexity index is 825. The normalized spacial score (nSPS) is 11.5. The van der Waals surface area contributed by atoms with Gasteiger partial charge in [0.2, 0.25) is 5.88 Å². The monoisotopic (exact) mass is 413 g/mol. The largest absolute Gasteiger partial charge is 0.573 e. The number of nitrogens with one attached hydrogen (secondary N) is 1. The topological polar surface area (TPSA) is 65.5 Å². The van der Waals surface area contributed by atoms with Crippen LogP contribution in [0, 0.1) is 0 Å². The lowest BCUT2D eigenvalue weighted by molar-refractivity contribution is -0.274. The van der Waals surface area contributed by atoms with Gasteiger partial charge in [0.05, 0.1) is 13.2 Å². The highest BCUT2D eigenvalue weighted by atomic mass is 19.4. The Labute approximate surface area is 168 Å². The van der Waals surface area contributed by atoms with E-state index < -0.39 is 6.36 Å². The Hall–Kier alpha value is -2.71. The predicted molar refractivity (Wildman–Crippen MR) is 105 cm³/mol. The lowest BCUT2D eigenvalue weighted by atomic mass is 10.1. The van der Waals surface area contributed by atoms with Crippen molar-refractivity contribution in [2.45, 2.75) is 52.5 Å². The number of aromatic nitrogens is 2. The molecule has 0 aliphatic heterocycles. The Kier molecular flexibility index (Phi) is 7.53. The summed E-state index contributed by atoms with van der Waals surface area (Å²) in [4.78, 5) is 9.24. The van der Waals surface area contributed by atoms with Gasteiger partial charge in [-0.3, -0.25) is 0 Å². The number of benzene rings is 1. The highest BCUT2D eigenvalue weighted by Gasteiger charge is 2.31. The van der Waals surface area contributed by atoms with Crippen molar-refractivity contribution in [1.29, 1.82) is 0 Å². The van der Waals surface area contributed by atoms with Crippen LogP contribution in [-0.2, 0) is 6.42 Å². The molecule has 0 spiro atoms. The zero-order valence-corrected chi connectivity index (χ0v) is 17.2. The van der Waals surface area contributed by atoms with Crippen LogP contribution in [0.25, 0.3) is 11.3 Å². The minimum Gasteiger partial charge on any atom is -0.496 e. The second-order valence-electron chi connectivity index (χ2n) is 6.24. The van der Waals surface area contributed by atoms with Gasteiger partial charge in [-0.1, -0.05) is 20.8 Å². The van der Waals surface area contributed by atoms with Gasteiger partial charge in [0.25, 0.3) is 0 Å². The standard InChI is InChI=1S/C20H26F3N3O3/c1-6-12(7-2)28-19-15(8-3)25-17(18(24-4)26-19)14-10-9-13(11-16(14)27-5)29-20(21,22)23/h9-12H,6-8H2,1-5H3,(H,24,26). The molecule has 2 aromatic rings. The molecule has 0 aliphatic rings. The van der Waals surface area contributed by atoms with E-state index in [2.05, 4.69) is 20.0 Å². The van der Waals surface area contributed by atoms with Crippen LogP contribution in [-0.4, -0.2) is 36.6 Å². The van der Waals surface area contributed by atoms with E-state index in [1.165, 1.54) is 25.3 Å². The molecule has 6 nitrogen and oxygen atoms in total. The number of rotatable bonds is 9. The first-order valence-corrected chi connectivity index (χ1v) is 9.45. The molecular weight excluding hydrogens is 387 g/mol. The van der Waals surface area contributed by atoms with Crippen LogP contribution in [0.3, 0.4) is 0 Å². The van der Waals surface area contributed by atoms with Crippen molar-refractivity contribution in [1.82, 2.24) is 9.97 Å². The van der Waals surface area contributed by atoms with Crippen molar-refractivity contribution >= 4 is 5.82 Å². The minimum absolute atomic E-state index is 0.0264. The van der Waals surface area contributed by atoms with Gasteiger partial charge in [0, 0.05) is 18.7 Å². The zero-order chi connectivity index (χ0) is 21.6. The molecule has 0 bridgehead atoms. The fraction of sp³-hybridized carbons (Fsp3) is 0.500. The van der Waals surface area contributed by atoms with Crippen LogP contribution in [0.2, 0.25) is 0 Å². The molecule has 160 valence electrons. The molecule has 1 heterocycles. The van der Waals surface area contributed by atoms with Gasteiger partial charge < -0.3 is 19.5 Å². The summed E-state index contributed by atoms with van der Waals surface area (Å²) in [6.45, 7) is 6.01. The lowest BCUT2D eigenvalue weighted by Gasteiger charge is -2.19. The molecule has 0 aliphatic carbocycles. The lowest BCUT2D eigenvalue weighted by Crippen LogP contribution is -2.17. The number of nitrogens with zero attached hydrogens (tertiary/aromatic N) is 2. The van der Waals surface area contributed by atoms with E-state index in [0.29, 0.717) is 35.1 Å². The Morgan fingerprint density at radius 1 is 1.10 bits per heavy atom. The molecule has 1 aromatic carbocycles. The third kappa shape index (κ3) is 5.65. The highest BCUT2D eigenvalue weighted by Crippen LogP contribution is 2.38. The predicted octanol–water partition coefficient (Wildman–Crippen LogP) is 5.22. The van der Waals surface area contributed by atoms with Crippen LogP contribution < -0.4 is 19.5 Å². The summed E-state index contributed by atoms with van der Waals surface area (Å²) >= 11 is 0. The summed E-state index contributed by atoms with van der Waals surface area (Å²) in [6, 6.07) is 3.85. The number of hydrogen-bond donors (Lipinski definition) is 1. The first-order chi connectivity index (χ1) is 13.8. The van der Waals surface area contributed by atoms with Gasteiger partial charge in [-0.15, -0.1) is 13.2 Å². The molecule has 2 rings (SSSR count). The smallest absolute Gasteiger partial charge is 0.496 e. The summed E-state index contributed by atoms with van der Waals surface area (Å²) in [5.41, 5.74) is 1.60. The van der Waals surface area contributed by atoms with Crippen LogP contribution in [0.15, 0.2) is 18.2 Å². The second kappa shape index (κ2) is 9.67. The third-order valence-electron chi connectivity index (χ3n) is 4.35. The SMILES string of the molecule is CCc1nc(-c2ccc(OC(F)(F)F)cc2OC)c(NC)nc1OC(CC)CC. The van der Waals surface area contributed by atoms with Gasteiger partial charge >= 0.3 is 6.36 Å². The van der Waals surface area contributed by atoms with E-state index in [4.69, 9.17) is 9.47 Å². The molecule has 29 heavy (non-hydrogen) atoms. The number of hydrogen-bond acceptors (Lipinski definition) is 6. The molecule has 0 saturated heterocycles. The van der Waals surface area contributed by atoms with Crippen LogP contribution in [0.1, 0.15) is 39.3 Å². The van der Waals surface area contributed by atoms with Crippen LogP contribution >= 0.6 is 0 Å². The van der Waals surface area contributed by atoms with Gasteiger partial charge in [-0.25, -0.2) is 4.98 Å². The maximum absolute atomic E-state index is 12.5. The first kappa shape index (κ1) is 22.6. The Morgan fingerprint density at radius 3 is 2.31 bits per heavy atom. The molecule has 9 heteroatoms. The van der Waals surface area contributed by atoms with Crippen molar-refractivity contribution in [3.05, 3.63) is 23.9 Å². The van der Waals surface area contributed by atoms with Crippen LogP contribution in [0.5, 0.6) is 17.4 Å². The second-order valence-corrected chi connectivity index (χ2v) is 6.24. The number of aryl methyl sites for hydroxylation is 1. The zero-order valence-electron chi connectivity index (χ0n) is 17.2. The number of ether oxygens (including phenoxy) is 3. The molecule has 0 saturated carbocycles. The summed E-state index contributed by atoms with van der Waals surface area (Å²) in [7, 11) is 3.06. The number of methoxy groups -OCH3 is 1. The Balaban J connectivity index is 2.53. The van der Waals surface area contributed by atoms with Crippen molar-refractivity contribution in [2.24, 2.45) is 0 Å². The van der Waals surface area contributed by atoms with Crippen molar-refractivity contribution < 1.29 is 27.4 Å². The molecule has 0 fully saturated rings. The van der Waals surface area contributed by atoms with E-state index in [0.717, 1.165) is 12.8 Å². The third-order valence-corrected chi connectivity index (χ3v) is 4.35. The average molecular weight is 413 g/mol. The molecular formula is C20H26F3N3O3. The fourth-order valence-corrected chi connectivity index (χ4v) is 2.82. The van der Waals surface area contributed by atoms with Crippen molar-refractivity contribution in [2.75, 3.05) is 19.5 Å². The van der Waals surface area contributed by atoms with Crippen molar-refractivity contribution in [3.63, 3.8) is 0 Å². The van der Waals surface area contributed by atoms with Gasteiger partial charge in [-0.05, 0) is 31.4 Å². The minimum atomic E-state index is -4.79. The van der Waals surface area contributed by atoms with E-state index >= 15 is 0 Å². The van der Waals surface area contributed by atoms with Gasteiger partial charge in [0.15, 0.2) is 5.82 Å². The molecule has 1 aromatic heterocycles. The van der Waals surface area contributed by atoms with Crippen LogP contribution in [0.4, 0.5) is 19.0 Å². The summed E-state index contributed by atoms with van der Waals surface area (Å²) in [5, 5.41) is 2.98. The molecule has 0 amide bonds. The van der Waals surface area contributed by atoms with Crippen molar-refractivity contribution in [3.8, 4) is 28.6 Å². The number of alkyl halides is 3. The average Bonchev–Trinajstić information content (AvgIpc) is 2.70. The molecule has 0 unspecified atom stereocenters. The van der Waals surface area contributed by atoms with Gasteiger partial charge in [0.1, 0.15) is 22.9 Å². The quantitative estimate of drug-likeness (QED) is 0.608. The first-order valence-electron chi connectivity index (χ1n) is 9.45. The molecule has 1 N–H and O–H groups in total. The highest BCUT2D eigenvalue weighted by molar-refractivity contribution is 5.77. The van der Waals surface area contributed by atoms with E-state index in [9.17, 15) is 13.2 Å².